The fraction of sp³-hybridized carbons (Fsp3) is 0.526. The van der Waals surface area contributed by atoms with Crippen molar-refractivity contribution in [2.24, 2.45) is 5.92 Å². The van der Waals surface area contributed by atoms with Crippen molar-refractivity contribution in [3.63, 3.8) is 0 Å². The standard InChI is InChI=1S/C19H24FN5O3/c20-15-1-3-16(4-2-15)22-7-9-23(10-8-22)19(26)13-24-18-6-5-17(25(27)28)11-14(18)12-21-24/h1-5,14,18,21H,6-13H2. The van der Waals surface area contributed by atoms with E-state index < -0.39 is 0 Å². The number of amides is 1. The van der Waals surface area contributed by atoms with Crippen molar-refractivity contribution in [1.82, 2.24) is 15.3 Å². The number of hydrogen-bond acceptors (Lipinski definition) is 6. The quantitative estimate of drug-likeness (QED) is 0.616. The molecule has 1 amide bonds. The highest BCUT2D eigenvalue weighted by Crippen LogP contribution is 2.31. The second-order valence-electron chi connectivity index (χ2n) is 7.55. The van der Waals surface area contributed by atoms with Crippen molar-refractivity contribution in [3.05, 3.63) is 52.0 Å². The molecule has 28 heavy (non-hydrogen) atoms. The number of carbonyl (C=O) groups is 1. The molecule has 2 aliphatic heterocycles. The molecule has 0 radical (unpaired) electrons. The summed E-state index contributed by atoms with van der Waals surface area (Å²) in [6.07, 6.45) is 2.73. The first-order valence-electron chi connectivity index (χ1n) is 9.63. The zero-order valence-corrected chi connectivity index (χ0v) is 15.6. The third-order valence-electron chi connectivity index (χ3n) is 5.93. The molecule has 4 rings (SSSR count). The maximum Gasteiger partial charge on any atom is 0.242 e. The third-order valence-corrected chi connectivity index (χ3v) is 5.93. The molecule has 9 heteroatoms. The van der Waals surface area contributed by atoms with E-state index in [1.165, 1.54) is 12.1 Å². The molecule has 1 aromatic carbocycles. The molecule has 8 nitrogen and oxygen atoms in total. The molecule has 1 N–H and O–H groups in total. The summed E-state index contributed by atoms with van der Waals surface area (Å²) in [6.45, 7) is 3.63. The van der Waals surface area contributed by atoms with Crippen molar-refractivity contribution < 1.29 is 14.1 Å². The van der Waals surface area contributed by atoms with Crippen LogP contribution in [-0.2, 0) is 4.79 Å². The lowest BCUT2D eigenvalue weighted by atomic mass is 9.88. The molecule has 0 aromatic heterocycles. The molecule has 150 valence electrons. The number of fused-ring (bicyclic) bond motifs is 1. The Morgan fingerprint density at radius 1 is 1.21 bits per heavy atom. The largest absolute Gasteiger partial charge is 0.368 e. The Bertz CT molecular complexity index is 776. The van der Waals surface area contributed by atoms with E-state index in [-0.39, 0.29) is 40.8 Å². The van der Waals surface area contributed by atoms with Gasteiger partial charge in [0.2, 0.25) is 11.6 Å². The monoisotopic (exact) mass is 389 g/mol. The van der Waals surface area contributed by atoms with Crippen LogP contribution in [0.25, 0.3) is 0 Å². The van der Waals surface area contributed by atoms with Crippen molar-refractivity contribution in [3.8, 4) is 0 Å². The van der Waals surface area contributed by atoms with Crippen LogP contribution in [0, 0.1) is 21.8 Å². The summed E-state index contributed by atoms with van der Waals surface area (Å²) in [7, 11) is 0. The molecule has 2 saturated heterocycles. The van der Waals surface area contributed by atoms with E-state index in [1.54, 1.807) is 18.2 Å². The van der Waals surface area contributed by atoms with E-state index in [9.17, 15) is 19.3 Å². The molecule has 0 bridgehead atoms. The Kier molecular flexibility index (Phi) is 5.27. The molecule has 2 heterocycles. The van der Waals surface area contributed by atoms with E-state index in [1.807, 2.05) is 9.91 Å². The summed E-state index contributed by atoms with van der Waals surface area (Å²) in [5.74, 6) is -0.0126. The number of nitrogens with one attached hydrogen (secondary N) is 1. The van der Waals surface area contributed by atoms with Gasteiger partial charge in [-0.05, 0) is 36.8 Å². The number of benzene rings is 1. The summed E-state index contributed by atoms with van der Waals surface area (Å²) >= 11 is 0. The lowest BCUT2D eigenvalue weighted by Gasteiger charge is -2.37. The maximum atomic E-state index is 13.1. The highest BCUT2D eigenvalue weighted by molar-refractivity contribution is 5.78. The number of nitro groups is 1. The second kappa shape index (κ2) is 7.84. The van der Waals surface area contributed by atoms with E-state index in [4.69, 9.17) is 0 Å². The van der Waals surface area contributed by atoms with Crippen LogP contribution >= 0.6 is 0 Å². The predicted octanol–water partition coefficient (Wildman–Crippen LogP) is 1.23. The molecule has 1 aromatic rings. The van der Waals surface area contributed by atoms with Gasteiger partial charge in [-0.3, -0.25) is 20.3 Å². The van der Waals surface area contributed by atoms with Crippen molar-refractivity contribution in [2.45, 2.75) is 18.9 Å². The zero-order chi connectivity index (χ0) is 19.7. The number of nitrogens with zero attached hydrogens (tertiary/aromatic N) is 4. The Balaban J connectivity index is 1.29. The van der Waals surface area contributed by atoms with Gasteiger partial charge in [-0.25, -0.2) is 9.40 Å². The maximum absolute atomic E-state index is 13.1. The number of anilines is 1. The van der Waals surface area contributed by atoms with Crippen LogP contribution in [0.4, 0.5) is 10.1 Å². The van der Waals surface area contributed by atoms with Gasteiger partial charge in [0.25, 0.3) is 0 Å². The van der Waals surface area contributed by atoms with Crippen LogP contribution in [0.1, 0.15) is 12.8 Å². The first-order valence-corrected chi connectivity index (χ1v) is 9.63. The highest BCUT2D eigenvalue weighted by atomic mass is 19.1. The Morgan fingerprint density at radius 3 is 2.61 bits per heavy atom. The fourth-order valence-electron chi connectivity index (χ4n) is 4.31. The molecule has 3 aliphatic rings. The van der Waals surface area contributed by atoms with Crippen LogP contribution in [0.5, 0.6) is 0 Å². The summed E-state index contributed by atoms with van der Waals surface area (Å²) in [5.41, 5.74) is 4.50. The number of rotatable bonds is 4. The summed E-state index contributed by atoms with van der Waals surface area (Å²) in [6, 6.07) is 6.55. The average Bonchev–Trinajstić information content (AvgIpc) is 3.10. The normalized spacial score (nSPS) is 25.4. The smallest absolute Gasteiger partial charge is 0.242 e. The number of allylic oxidation sites excluding steroid dienone is 1. The highest BCUT2D eigenvalue weighted by Gasteiger charge is 2.40. The van der Waals surface area contributed by atoms with Crippen LogP contribution in [0.2, 0.25) is 0 Å². The van der Waals surface area contributed by atoms with Gasteiger partial charge in [-0.15, -0.1) is 0 Å². The third kappa shape index (κ3) is 3.85. The Morgan fingerprint density at radius 2 is 1.93 bits per heavy atom. The lowest BCUT2D eigenvalue weighted by molar-refractivity contribution is -0.430. The first-order chi connectivity index (χ1) is 13.5. The topological polar surface area (TPSA) is 82.0 Å². The van der Waals surface area contributed by atoms with Gasteiger partial charge in [0.15, 0.2) is 0 Å². The van der Waals surface area contributed by atoms with Gasteiger partial charge in [0.1, 0.15) is 5.82 Å². The molecular weight excluding hydrogens is 365 g/mol. The van der Waals surface area contributed by atoms with Crippen LogP contribution in [0.15, 0.2) is 36.0 Å². The second-order valence-corrected chi connectivity index (χ2v) is 7.55. The van der Waals surface area contributed by atoms with Gasteiger partial charge in [-0.2, -0.15) is 0 Å². The molecular formula is C19H24FN5O3. The van der Waals surface area contributed by atoms with E-state index in [0.717, 1.165) is 5.69 Å². The minimum Gasteiger partial charge on any atom is -0.368 e. The SMILES string of the molecule is O=C(CN1NCC2CC([N+](=O)[O-])=CCC21)N1CCN(c2ccc(F)cc2)CC1. The van der Waals surface area contributed by atoms with Crippen LogP contribution in [-0.4, -0.2) is 66.0 Å². The van der Waals surface area contributed by atoms with E-state index in [2.05, 4.69) is 10.3 Å². The summed E-state index contributed by atoms with van der Waals surface area (Å²) < 4.78 is 13.1. The zero-order valence-electron chi connectivity index (χ0n) is 15.6. The molecule has 1 aliphatic carbocycles. The van der Waals surface area contributed by atoms with Gasteiger partial charge < -0.3 is 9.80 Å². The van der Waals surface area contributed by atoms with Crippen LogP contribution < -0.4 is 10.3 Å². The summed E-state index contributed by atoms with van der Waals surface area (Å²) in [5, 5.41) is 12.9. The molecule has 2 atom stereocenters. The number of hydrazine groups is 1. The minimum absolute atomic E-state index is 0.0657. The minimum atomic E-state index is -0.301. The van der Waals surface area contributed by atoms with Gasteiger partial charge in [0, 0.05) is 56.8 Å². The van der Waals surface area contributed by atoms with Crippen LogP contribution in [0.3, 0.4) is 0 Å². The Labute approximate surface area is 162 Å². The van der Waals surface area contributed by atoms with E-state index >= 15 is 0 Å². The fourth-order valence-corrected chi connectivity index (χ4v) is 4.31. The Hall–Kier alpha value is -2.52. The summed E-state index contributed by atoms with van der Waals surface area (Å²) in [4.78, 5) is 27.4. The average molecular weight is 389 g/mol. The van der Waals surface area contributed by atoms with Gasteiger partial charge >= 0.3 is 0 Å². The van der Waals surface area contributed by atoms with Gasteiger partial charge in [0.05, 0.1) is 11.5 Å². The molecule has 0 saturated carbocycles. The van der Waals surface area contributed by atoms with Crippen molar-refractivity contribution in [1.29, 1.82) is 0 Å². The van der Waals surface area contributed by atoms with Crippen molar-refractivity contribution in [2.75, 3.05) is 44.2 Å². The number of piperazine rings is 1. The predicted molar refractivity (Wildman–Crippen MR) is 101 cm³/mol. The van der Waals surface area contributed by atoms with E-state index in [0.29, 0.717) is 45.6 Å². The number of carbonyl (C=O) groups excluding carboxylic acids is 1. The number of hydrogen-bond donors (Lipinski definition) is 1. The molecule has 2 unspecified atom stereocenters. The molecule has 2 fully saturated rings. The molecule has 0 spiro atoms. The lowest BCUT2D eigenvalue weighted by Crippen LogP contribution is -2.53. The number of halogens is 1. The van der Waals surface area contributed by atoms with Gasteiger partial charge in [-0.1, -0.05) is 0 Å². The first kappa shape index (κ1) is 18.8. The van der Waals surface area contributed by atoms with Crippen molar-refractivity contribution >= 4 is 11.6 Å².